The zero-order valence-corrected chi connectivity index (χ0v) is 15.9. The van der Waals surface area contributed by atoms with Gasteiger partial charge in [-0.1, -0.05) is 78.9 Å². The third-order valence-corrected chi connectivity index (χ3v) is 4.41. The maximum atomic E-state index is 8.60. The van der Waals surface area contributed by atoms with Crippen molar-refractivity contribution in [3.8, 4) is 5.75 Å². The molecule has 0 saturated heterocycles. The highest BCUT2D eigenvalue weighted by Crippen LogP contribution is 2.44. The van der Waals surface area contributed by atoms with E-state index >= 15 is 0 Å². The molecule has 0 atom stereocenters. The van der Waals surface area contributed by atoms with Crippen molar-refractivity contribution in [2.24, 2.45) is 0 Å². The van der Waals surface area contributed by atoms with Crippen LogP contribution in [0.15, 0.2) is 91.0 Å². The number of rotatable bonds is 2. The highest BCUT2D eigenvalue weighted by atomic mass is 35.7. The van der Waals surface area contributed by atoms with E-state index in [1.54, 1.807) is 0 Å². The largest absolute Gasteiger partial charge is 0.473 e. The van der Waals surface area contributed by atoms with Gasteiger partial charge in [-0.2, -0.15) is 14.0 Å². The third-order valence-electron chi connectivity index (χ3n) is 4.41. The third kappa shape index (κ3) is 4.59. The first-order valence-electron chi connectivity index (χ1n) is 8.52. The maximum absolute atomic E-state index is 8.60. The van der Waals surface area contributed by atoms with Crippen molar-refractivity contribution >= 4 is 5.57 Å². The minimum atomic E-state index is -4.69. The quantitative estimate of drug-likeness (QED) is 0.701. The van der Waals surface area contributed by atoms with Gasteiger partial charge in [-0.25, -0.2) is 0 Å². The Bertz CT molecular complexity index is 904. The van der Waals surface area contributed by atoms with Gasteiger partial charge in [0.1, 0.15) is 5.75 Å². The van der Waals surface area contributed by atoms with Crippen molar-refractivity contribution in [2.45, 2.75) is 12.5 Å². The molecular formula is C22H19ClO5. The molecule has 0 amide bonds. The maximum Gasteiger partial charge on any atom is 0.178 e. The van der Waals surface area contributed by atoms with E-state index < -0.39 is 15.8 Å². The van der Waals surface area contributed by atoms with Crippen LogP contribution in [0.25, 0.3) is 5.57 Å². The van der Waals surface area contributed by atoms with Gasteiger partial charge in [-0.15, -0.1) is 0 Å². The standard InChI is InChI=1S/C22H18O.ClHO4/c1-17-16-22(18-10-4-2-5-11-18,19-12-6-3-7-13-19)23-21-15-9-8-14-20(17)21;2-1(3,4)5/h2-16H,1H3;(H,2,3,4,5). The second kappa shape index (κ2) is 8.14. The molecule has 0 saturated carbocycles. The molecule has 1 aliphatic rings. The summed E-state index contributed by atoms with van der Waals surface area (Å²) < 4.78 is 39.3. The van der Waals surface area contributed by atoms with Gasteiger partial charge in [-0.05, 0) is 24.6 Å². The molecule has 0 bridgehead atoms. The van der Waals surface area contributed by atoms with Crippen LogP contribution in [0.1, 0.15) is 23.6 Å². The molecule has 1 N–H and O–H groups in total. The molecule has 0 fully saturated rings. The average Bonchev–Trinajstić information content (AvgIpc) is 2.68. The fourth-order valence-electron chi connectivity index (χ4n) is 3.29. The molecule has 1 heterocycles. The lowest BCUT2D eigenvalue weighted by atomic mass is 9.82. The number of halogens is 1. The Morgan fingerprint density at radius 3 is 1.68 bits per heavy atom. The van der Waals surface area contributed by atoms with Gasteiger partial charge < -0.3 is 4.74 Å². The van der Waals surface area contributed by atoms with Crippen LogP contribution in [0.2, 0.25) is 0 Å². The smallest absolute Gasteiger partial charge is 0.178 e. The summed E-state index contributed by atoms with van der Waals surface area (Å²) in [6.07, 6.45) is 2.24. The molecule has 0 spiro atoms. The fraction of sp³-hybridized carbons (Fsp3) is 0.0909. The molecule has 0 radical (unpaired) electrons. The Kier molecular flexibility index (Phi) is 5.84. The number of allylic oxidation sites excluding steroid dienone is 1. The molecule has 6 heteroatoms. The van der Waals surface area contributed by atoms with Gasteiger partial charge in [0.05, 0.1) is 14.9 Å². The van der Waals surface area contributed by atoms with Crippen molar-refractivity contribution in [3.63, 3.8) is 0 Å². The molecule has 3 aromatic carbocycles. The highest BCUT2D eigenvalue weighted by molar-refractivity contribution is 5.73. The van der Waals surface area contributed by atoms with Crippen LogP contribution in [0.4, 0.5) is 0 Å². The highest BCUT2D eigenvalue weighted by Gasteiger charge is 2.38. The molecule has 0 aromatic heterocycles. The molecule has 4 rings (SSSR count). The Hall–Kier alpha value is -2.67. The summed E-state index contributed by atoms with van der Waals surface area (Å²) in [5.41, 5.74) is 4.09. The van der Waals surface area contributed by atoms with E-state index in [0.29, 0.717) is 0 Å². The molecule has 0 unspecified atom stereocenters. The van der Waals surface area contributed by atoms with Crippen molar-refractivity contribution in [2.75, 3.05) is 0 Å². The molecule has 5 nitrogen and oxygen atoms in total. The Labute approximate surface area is 165 Å². The van der Waals surface area contributed by atoms with Crippen molar-refractivity contribution < 1.29 is 33.6 Å². The van der Waals surface area contributed by atoms with E-state index in [1.807, 2.05) is 24.3 Å². The van der Waals surface area contributed by atoms with Crippen LogP contribution in [-0.2, 0) is 5.60 Å². The van der Waals surface area contributed by atoms with E-state index in [1.165, 1.54) is 5.57 Å². The van der Waals surface area contributed by atoms with Crippen LogP contribution in [0.3, 0.4) is 0 Å². The Balaban J connectivity index is 0.000000403. The van der Waals surface area contributed by atoms with Gasteiger partial charge in [0, 0.05) is 16.7 Å². The van der Waals surface area contributed by atoms with Crippen molar-refractivity contribution in [1.29, 1.82) is 0 Å². The lowest BCUT2D eigenvalue weighted by Gasteiger charge is -2.37. The molecule has 144 valence electrons. The van der Waals surface area contributed by atoms with Gasteiger partial charge in [0.15, 0.2) is 5.60 Å². The number of hydrogen-bond donors (Lipinski definition) is 1. The van der Waals surface area contributed by atoms with Gasteiger partial charge >= 0.3 is 0 Å². The van der Waals surface area contributed by atoms with Crippen LogP contribution in [-0.4, -0.2) is 4.66 Å². The predicted octanol–water partition coefficient (Wildman–Crippen LogP) is 1.30. The number of ether oxygens (including phenoxy) is 1. The summed E-state index contributed by atoms with van der Waals surface area (Å²) in [5, 5.41) is 0. The monoisotopic (exact) mass is 398 g/mol. The van der Waals surface area contributed by atoms with Crippen LogP contribution >= 0.6 is 0 Å². The minimum absolute atomic E-state index is 0.582. The Morgan fingerprint density at radius 1 is 0.750 bits per heavy atom. The summed E-state index contributed by atoms with van der Waals surface area (Å²) in [4.78, 5) is 0. The van der Waals surface area contributed by atoms with Gasteiger partial charge in [0.25, 0.3) is 0 Å². The molecule has 28 heavy (non-hydrogen) atoms. The first kappa shape index (κ1) is 20.1. The van der Waals surface area contributed by atoms with E-state index in [-0.39, 0.29) is 0 Å². The van der Waals surface area contributed by atoms with Gasteiger partial charge in [-0.3, -0.25) is 0 Å². The summed E-state index contributed by atoms with van der Waals surface area (Å²) in [7, 11) is -4.69. The number of fused-ring (bicyclic) bond motifs is 1. The van der Waals surface area contributed by atoms with E-state index in [0.717, 1.165) is 22.4 Å². The zero-order chi connectivity index (χ0) is 20.2. The Morgan fingerprint density at radius 2 is 1.18 bits per heavy atom. The molecule has 1 aliphatic heterocycles. The molecular weight excluding hydrogens is 380 g/mol. The SMILES string of the molecule is CC1=CC(c2ccccc2)(c2ccccc2)Oc2ccccc21.[O-][Cl+3]([O-])([O-])O. The van der Waals surface area contributed by atoms with Crippen LogP contribution < -0.4 is 18.7 Å². The van der Waals surface area contributed by atoms with E-state index in [4.69, 9.17) is 23.4 Å². The van der Waals surface area contributed by atoms with Gasteiger partial charge in [0.2, 0.25) is 0 Å². The fourth-order valence-corrected chi connectivity index (χ4v) is 3.29. The van der Waals surface area contributed by atoms with Crippen molar-refractivity contribution in [1.82, 2.24) is 0 Å². The lowest BCUT2D eigenvalue weighted by Crippen LogP contribution is -2.58. The van der Waals surface area contributed by atoms with E-state index in [2.05, 4.69) is 73.7 Å². The first-order valence-corrected chi connectivity index (χ1v) is 9.78. The van der Waals surface area contributed by atoms with Crippen LogP contribution in [0.5, 0.6) is 5.75 Å². The molecule has 3 aromatic rings. The average molecular weight is 399 g/mol. The topological polar surface area (TPSA) is 98.6 Å². The summed E-state index contributed by atoms with van der Waals surface area (Å²) in [5.74, 6) is 0.931. The zero-order valence-electron chi connectivity index (χ0n) is 15.1. The van der Waals surface area contributed by atoms with Crippen LogP contribution in [0, 0.1) is 10.2 Å². The number of hydrogen-bond acceptors (Lipinski definition) is 5. The second-order valence-corrected chi connectivity index (χ2v) is 7.08. The normalized spacial score (nSPS) is 14.7. The summed E-state index contributed by atoms with van der Waals surface area (Å²) >= 11 is 0. The second-order valence-electron chi connectivity index (χ2n) is 6.29. The number of para-hydroxylation sites is 1. The minimum Gasteiger partial charge on any atom is -0.473 e. The lowest BCUT2D eigenvalue weighted by molar-refractivity contribution is -1.92. The summed E-state index contributed by atoms with van der Waals surface area (Å²) in [6, 6.07) is 29.1. The number of benzene rings is 3. The summed E-state index contributed by atoms with van der Waals surface area (Å²) in [6.45, 7) is 2.15. The van der Waals surface area contributed by atoms with E-state index in [9.17, 15) is 0 Å². The van der Waals surface area contributed by atoms with Crippen molar-refractivity contribution in [3.05, 3.63) is 108 Å². The predicted molar refractivity (Wildman–Crippen MR) is 96.6 cm³/mol. The first-order chi connectivity index (χ1) is 13.3. The molecule has 0 aliphatic carbocycles.